The Morgan fingerprint density at radius 2 is 1.84 bits per heavy atom. The number of nitrogens with one attached hydrogen (secondary N) is 2. The number of guanidine groups is 1. The van der Waals surface area contributed by atoms with Gasteiger partial charge in [0.2, 0.25) is 5.91 Å². The Labute approximate surface area is 203 Å². The molecule has 0 aliphatic carbocycles. The van der Waals surface area contributed by atoms with Crippen LogP contribution in [0.2, 0.25) is 0 Å². The Kier molecular flexibility index (Phi) is 11.5. The van der Waals surface area contributed by atoms with E-state index in [1.54, 1.807) is 13.1 Å². The number of carbonyl (C=O) groups excluding carboxylic acids is 1. The van der Waals surface area contributed by atoms with Crippen molar-refractivity contribution in [3.05, 3.63) is 30.1 Å². The molecule has 1 aliphatic rings. The van der Waals surface area contributed by atoms with Gasteiger partial charge in [0.25, 0.3) is 0 Å². The monoisotopic (exact) mass is 548 g/mol. The molecule has 0 radical (unpaired) electrons. The fourth-order valence-corrected chi connectivity index (χ4v) is 3.56. The van der Waals surface area contributed by atoms with Gasteiger partial charge in [-0.1, -0.05) is 12.1 Å². The average molecular weight is 548 g/mol. The number of amides is 1. The van der Waals surface area contributed by atoms with Crippen LogP contribution in [0, 0.1) is 5.82 Å². The molecule has 1 saturated heterocycles. The van der Waals surface area contributed by atoms with E-state index in [0.29, 0.717) is 11.6 Å². The number of para-hydroxylation sites is 1. The van der Waals surface area contributed by atoms with Gasteiger partial charge < -0.3 is 20.4 Å². The van der Waals surface area contributed by atoms with Crippen LogP contribution in [-0.4, -0.2) is 87.1 Å². The lowest BCUT2D eigenvalue weighted by atomic mass is 10.1. The first-order valence-corrected chi connectivity index (χ1v) is 10.6. The number of benzene rings is 1. The minimum absolute atomic E-state index is 0. The summed E-state index contributed by atoms with van der Waals surface area (Å²) in [6.07, 6.45) is 0.973. The summed E-state index contributed by atoms with van der Waals surface area (Å²) in [5.41, 5.74) is 0.451. The van der Waals surface area contributed by atoms with Gasteiger partial charge in [-0.15, -0.1) is 24.0 Å². The van der Waals surface area contributed by atoms with Gasteiger partial charge in [-0.25, -0.2) is 4.39 Å². The van der Waals surface area contributed by atoms with Crippen molar-refractivity contribution in [1.82, 2.24) is 20.4 Å². The topological polar surface area (TPSA) is 63.2 Å². The smallest absolute Gasteiger partial charge is 0.240 e. The van der Waals surface area contributed by atoms with Gasteiger partial charge in [0.1, 0.15) is 5.82 Å². The lowest BCUT2D eigenvalue weighted by Crippen LogP contribution is -2.49. The molecule has 176 valence electrons. The molecule has 0 saturated carbocycles. The number of hydrogen-bond acceptors (Lipinski definition) is 4. The van der Waals surface area contributed by atoms with Crippen LogP contribution in [0.4, 0.5) is 10.1 Å². The maximum absolute atomic E-state index is 14.0. The van der Waals surface area contributed by atoms with E-state index in [0.717, 1.165) is 45.7 Å². The van der Waals surface area contributed by atoms with Crippen LogP contribution in [0.25, 0.3) is 0 Å². The molecule has 2 rings (SSSR count). The SMILES string of the molecule is CN=C(NCCCN1CCN(c2ccccc2F)CC1)N(C)CC(=O)NC(C)(C)C.I. The van der Waals surface area contributed by atoms with Gasteiger partial charge in [-0.05, 0) is 45.9 Å². The molecule has 0 aromatic heterocycles. The molecule has 1 fully saturated rings. The van der Waals surface area contributed by atoms with Crippen LogP contribution in [0.3, 0.4) is 0 Å². The molecule has 2 N–H and O–H groups in total. The molecular weight excluding hydrogens is 510 g/mol. The van der Waals surface area contributed by atoms with Gasteiger partial charge in [0.05, 0.1) is 12.2 Å². The first kappa shape index (κ1) is 27.4. The number of aliphatic imine (C=N–C) groups is 1. The van der Waals surface area contributed by atoms with Gasteiger partial charge >= 0.3 is 0 Å². The van der Waals surface area contributed by atoms with E-state index in [2.05, 4.69) is 25.4 Å². The van der Waals surface area contributed by atoms with Crippen molar-refractivity contribution in [2.45, 2.75) is 32.7 Å². The normalized spacial score (nSPS) is 15.3. The fourth-order valence-electron chi connectivity index (χ4n) is 3.56. The number of anilines is 1. The van der Waals surface area contributed by atoms with Gasteiger partial charge in [0, 0.05) is 52.4 Å². The summed E-state index contributed by atoms with van der Waals surface area (Å²) in [7, 11) is 3.59. The molecule has 7 nitrogen and oxygen atoms in total. The number of piperazine rings is 1. The Bertz CT molecular complexity index is 716. The van der Waals surface area contributed by atoms with Crippen LogP contribution >= 0.6 is 24.0 Å². The third-order valence-electron chi connectivity index (χ3n) is 4.97. The number of rotatable bonds is 7. The van der Waals surface area contributed by atoms with Gasteiger partial charge in [0.15, 0.2) is 5.96 Å². The van der Waals surface area contributed by atoms with Crippen LogP contribution in [0.5, 0.6) is 0 Å². The van der Waals surface area contributed by atoms with E-state index in [-0.39, 0.29) is 47.8 Å². The molecule has 1 amide bonds. The Morgan fingerprint density at radius 1 is 1.19 bits per heavy atom. The predicted molar refractivity (Wildman–Crippen MR) is 137 cm³/mol. The summed E-state index contributed by atoms with van der Waals surface area (Å²) in [6.45, 7) is 11.4. The second kappa shape index (κ2) is 13.0. The zero-order valence-corrected chi connectivity index (χ0v) is 21.8. The highest BCUT2D eigenvalue weighted by Gasteiger charge is 2.19. The van der Waals surface area contributed by atoms with Crippen molar-refractivity contribution in [1.29, 1.82) is 0 Å². The molecule has 1 aliphatic heterocycles. The summed E-state index contributed by atoms with van der Waals surface area (Å²) < 4.78 is 14.0. The Balaban J connectivity index is 0.00000480. The fraction of sp³-hybridized carbons (Fsp3) is 0.636. The quantitative estimate of drug-likeness (QED) is 0.237. The number of carbonyl (C=O) groups is 1. The second-order valence-electron chi connectivity index (χ2n) is 8.76. The molecule has 31 heavy (non-hydrogen) atoms. The molecule has 0 bridgehead atoms. The number of halogens is 2. The lowest BCUT2D eigenvalue weighted by Gasteiger charge is -2.36. The molecular formula is C22H38FIN6O. The van der Waals surface area contributed by atoms with Crippen molar-refractivity contribution in [3.63, 3.8) is 0 Å². The van der Waals surface area contributed by atoms with Crippen molar-refractivity contribution in [2.24, 2.45) is 4.99 Å². The summed E-state index contributed by atoms with van der Waals surface area (Å²) in [6, 6.07) is 6.97. The van der Waals surface area contributed by atoms with Crippen molar-refractivity contribution < 1.29 is 9.18 Å². The maximum Gasteiger partial charge on any atom is 0.240 e. The zero-order chi connectivity index (χ0) is 22.1. The zero-order valence-electron chi connectivity index (χ0n) is 19.4. The molecule has 1 heterocycles. The molecule has 0 spiro atoms. The highest BCUT2D eigenvalue weighted by atomic mass is 127. The van der Waals surface area contributed by atoms with E-state index >= 15 is 0 Å². The molecule has 9 heteroatoms. The Morgan fingerprint density at radius 3 is 2.42 bits per heavy atom. The van der Waals surface area contributed by atoms with Crippen molar-refractivity contribution >= 4 is 41.5 Å². The van der Waals surface area contributed by atoms with Crippen LogP contribution in [-0.2, 0) is 4.79 Å². The number of hydrogen-bond donors (Lipinski definition) is 2. The van der Waals surface area contributed by atoms with Gasteiger partial charge in [-0.3, -0.25) is 14.7 Å². The summed E-state index contributed by atoms with van der Waals surface area (Å²) in [5.74, 6) is 0.533. The first-order chi connectivity index (χ1) is 14.2. The van der Waals surface area contributed by atoms with E-state index in [9.17, 15) is 9.18 Å². The first-order valence-electron chi connectivity index (χ1n) is 10.6. The third kappa shape index (κ3) is 9.59. The molecule has 0 atom stereocenters. The number of likely N-dealkylation sites (N-methyl/N-ethyl adjacent to an activating group) is 1. The molecule has 1 aromatic carbocycles. The van der Waals surface area contributed by atoms with Crippen LogP contribution in [0.15, 0.2) is 29.3 Å². The van der Waals surface area contributed by atoms with Crippen LogP contribution < -0.4 is 15.5 Å². The standard InChI is InChI=1S/C22H37FN6O.HI/c1-22(2,3)26-20(30)17-27(5)21(24-4)25-11-8-12-28-13-15-29(16-14-28)19-10-7-6-9-18(19)23;/h6-7,9-10H,8,11-17H2,1-5H3,(H,24,25)(H,26,30);1H. The largest absolute Gasteiger partial charge is 0.367 e. The second-order valence-corrected chi connectivity index (χ2v) is 8.76. The van der Waals surface area contributed by atoms with Crippen molar-refractivity contribution in [2.75, 3.05) is 64.8 Å². The maximum atomic E-state index is 14.0. The van der Waals surface area contributed by atoms with E-state index in [1.165, 1.54) is 6.07 Å². The number of nitrogens with zero attached hydrogens (tertiary/aromatic N) is 4. The van der Waals surface area contributed by atoms with E-state index in [1.807, 2.05) is 44.9 Å². The van der Waals surface area contributed by atoms with Crippen LogP contribution in [0.1, 0.15) is 27.2 Å². The summed E-state index contributed by atoms with van der Waals surface area (Å²) >= 11 is 0. The van der Waals surface area contributed by atoms with Crippen molar-refractivity contribution in [3.8, 4) is 0 Å². The molecule has 0 unspecified atom stereocenters. The lowest BCUT2D eigenvalue weighted by molar-refractivity contribution is -0.122. The average Bonchev–Trinajstić information content (AvgIpc) is 2.67. The van der Waals surface area contributed by atoms with Gasteiger partial charge in [-0.2, -0.15) is 0 Å². The summed E-state index contributed by atoms with van der Waals surface area (Å²) in [5, 5.41) is 6.29. The summed E-state index contributed by atoms with van der Waals surface area (Å²) in [4.78, 5) is 22.7. The predicted octanol–water partition coefficient (Wildman–Crippen LogP) is 2.38. The third-order valence-corrected chi connectivity index (χ3v) is 4.97. The highest BCUT2D eigenvalue weighted by molar-refractivity contribution is 14.0. The minimum Gasteiger partial charge on any atom is -0.367 e. The molecule has 1 aromatic rings. The van der Waals surface area contributed by atoms with E-state index < -0.39 is 0 Å². The highest BCUT2D eigenvalue weighted by Crippen LogP contribution is 2.20. The van der Waals surface area contributed by atoms with E-state index in [4.69, 9.17) is 0 Å². The Hall–Kier alpha value is -1.62. The minimum atomic E-state index is -0.245.